The predicted octanol–water partition coefficient (Wildman–Crippen LogP) is 3.15. The minimum Gasteiger partial charge on any atom is -0.479 e. The maximum atomic E-state index is 10.9. The molecule has 4 nitrogen and oxygen atoms in total. The standard InChI is InChI=1S/C16H14O4/c1-16(14(20-16)15(17)18)12-7-4-11(5-8-12)6-9-13-3-2-10-19-13/h2-10,14H,1H3,(H,17,18). The number of carboxylic acids is 1. The molecule has 2 aromatic rings. The third-order valence-corrected chi connectivity index (χ3v) is 3.50. The van der Waals surface area contributed by atoms with E-state index in [1.807, 2.05) is 48.6 Å². The summed E-state index contributed by atoms with van der Waals surface area (Å²) in [7, 11) is 0. The molecule has 1 saturated heterocycles. The molecule has 1 aliphatic rings. The van der Waals surface area contributed by atoms with Crippen molar-refractivity contribution in [2.24, 2.45) is 0 Å². The fourth-order valence-electron chi connectivity index (χ4n) is 2.21. The van der Waals surface area contributed by atoms with E-state index < -0.39 is 17.7 Å². The first-order valence-electron chi connectivity index (χ1n) is 6.32. The van der Waals surface area contributed by atoms with E-state index in [2.05, 4.69) is 0 Å². The zero-order chi connectivity index (χ0) is 14.2. The van der Waals surface area contributed by atoms with Gasteiger partial charge in [0, 0.05) is 0 Å². The van der Waals surface area contributed by atoms with Crippen LogP contribution >= 0.6 is 0 Å². The molecule has 1 fully saturated rings. The lowest BCUT2D eigenvalue weighted by molar-refractivity contribution is -0.138. The molecule has 2 unspecified atom stereocenters. The maximum absolute atomic E-state index is 10.9. The van der Waals surface area contributed by atoms with E-state index in [9.17, 15) is 4.79 Å². The Labute approximate surface area is 116 Å². The Bertz CT molecular complexity index is 640. The van der Waals surface area contributed by atoms with Crippen molar-refractivity contribution in [1.82, 2.24) is 0 Å². The van der Waals surface area contributed by atoms with Crippen LogP contribution in [0.15, 0.2) is 47.1 Å². The van der Waals surface area contributed by atoms with E-state index in [0.29, 0.717) is 0 Å². The summed E-state index contributed by atoms with van der Waals surface area (Å²) < 4.78 is 10.5. The van der Waals surface area contributed by atoms with Crippen LogP contribution in [0.1, 0.15) is 23.8 Å². The molecule has 2 heterocycles. The number of rotatable bonds is 4. The number of benzene rings is 1. The number of aliphatic carboxylic acids is 1. The summed E-state index contributed by atoms with van der Waals surface area (Å²) in [6, 6.07) is 11.4. The van der Waals surface area contributed by atoms with Crippen molar-refractivity contribution in [1.29, 1.82) is 0 Å². The number of ether oxygens (including phenoxy) is 1. The molecule has 0 saturated carbocycles. The summed E-state index contributed by atoms with van der Waals surface area (Å²) in [5, 5.41) is 8.95. The van der Waals surface area contributed by atoms with Crippen molar-refractivity contribution in [2.45, 2.75) is 18.6 Å². The summed E-state index contributed by atoms with van der Waals surface area (Å²) in [6.07, 6.45) is 4.70. The SMILES string of the molecule is CC1(c2ccc(C=Cc3ccco3)cc2)OC1C(=O)O. The zero-order valence-corrected chi connectivity index (χ0v) is 10.9. The van der Waals surface area contributed by atoms with Crippen LogP contribution in [0.4, 0.5) is 0 Å². The summed E-state index contributed by atoms with van der Waals surface area (Å²) in [5.74, 6) is -0.133. The maximum Gasteiger partial charge on any atom is 0.336 e. The average Bonchev–Trinajstić information content (AvgIpc) is 2.90. The highest BCUT2D eigenvalue weighted by Crippen LogP contribution is 2.45. The largest absolute Gasteiger partial charge is 0.479 e. The van der Waals surface area contributed by atoms with Crippen LogP contribution in [0.3, 0.4) is 0 Å². The van der Waals surface area contributed by atoms with E-state index in [1.54, 1.807) is 13.2 Å². The molecule has 1 aromatic heterocycles. The normalized spacial score (nSPS) is 24.9. The molecule has 3 rings (SSSR count). The minimum atomic E-state index is -0.922. The molecule has 1 N–H and O–H groups in total. The van der Waals surface area contributed by atoms with Crippen molar-refractivity contribution in [3.05, 3.63) is 59.5 Å². The van der Waals surface area contributed by atoms with Crippen LogP contribution < -0.4 is 0 Å². The molecule has 0 bridgehead atoms. The highest BCUT2D eigenvalue weighted by molar-refractivity contribution is 5.78. The fraction of sp³-hybridized carbons (Fsp3) is 0.188. The fourth-order valence-corrected chi connectivity index (χ4v) is 2.21. The molecular weight excluding hydrogens is 256 g/mol. The van der Waals surface area contributed by atoms with E-state index >= 15 is 0 Å². The molecule has 0 radical (unpaired) electrons. The molecular formula is C16H14O4. The van der Waals surface area contributed by atoms with Crippen LogP contribution in [0.2, 0.25) is 0 Å². The van der Waals surface area contributed by atoms with Crippen LogP contribution in [-0.2, 0) is 15.1 Å². The van der Waals surface area contributed by atoms with Crippen LogP contribution in [0.25, 0.3) is 12.2 Å². The topological polar surface area (TPSA) is 63.0 Å². The number of epoxide rings is 1. The van der Waals surface area contributed by atoms with Gasteiger partial charge in [0.2, 0.25) is 0 Å². The minimum absolute atomic E-state index is 0.699. The van der Waals surface area contributed by atoms with Crippen molar-refractivity contribution < 1.29 is 19.1 Å². The van der Waals surface area contributed by atoms with E-state index in [0.717, 1.165) is 16.9 Å². The molecule has 1 aromatic carbocycles. The van der Waals surface area contributed by atoms with Gasteiger partial charge in [-0.1, -0.05) is 30.3 Å². The molecule has 4 heteroatoms. The number of hydrogen-bond acceptors (Lipinski definition) is 3. The summed E-state index contributed by atoms with van der Waals surface area (Å²) in [5.41, 5.74) is 1.19. The van der Waals surface area contributed by atoms with E-state index in [4.69, 9.17) is 14.3 Å². The van der Waals surface area contributed by atoms with Gasteiger partial charge >= 0.3 is 5.97 Å². The quantitative estimate of drug-likeness (QED) is 0.867. The van der Waals surface area contributed by atoms with Crippen molar-refractivity contribution in [2.75, 3.05) is 0 Å². The monoisotopic (exact) mass is 270 g/mol. The molecule has 20 heavy (non-hydrogen) atoms. The third kappa shape index (κ3) is 2.26. The number of carbonyl (C=O) groups is 1. The van der Waals surface area contributed by atoms with Gasteiger partial charge in [0.1, 0.15) is 11.4 Å². The Morgan fingerprint density at radius 1 is 1.25 bits per heavy atom. The predicted molar refractivity (Wildman–Crippen MR) is 73.9 cm³/mol. The second kappa shape index (κ2) is 4.65. The van der Waals surface area contributed by atoms with Gasteiger partial charge in [0.15, 0.2) is 6.10 Å². The van der Waals surface area contributed by atoms with Gasteiger partial charge in [-0.15, -0.1) is 0 Å². The van der Waals surface area contributed by atoms with Crippen LogP contribution in [0.5, 0.6) is 0 Å². The zero-order valence-electron chi connectivity index (χ0n) is 10.9. The first kappa shape index (κ1) is 12.7. The van der Waals surface area contributed by atoms with Crippen LogP contribution in [-0.4, -0.2) is 17.2 Å². The third-order valence-electron chi connectivity index (χ3n) is 3.50. The van der Waals surface area contributed by atoms with E-state index in [-0.39, 0.29) is 0 Å². The van der Waals surface area contributed by atoms with Gasteiger partial charge in [-0.3, -0.25) is 0 Å². The van der Waals surface area contributed by atoms with Crippen molar-refractivity contribution in [3.63, 3.8) is 0 Å². The van der Waals surface area contributed by atoms with Gasteiger partial charge in [-0.2, -0.15) is 0 Å². The second-order valence-corrected chi connectivity index (χ2v) is 4.91. The van der Waals surface area contributed by atoms with Gasteiger partial charge < -0.3 is 14.3 Å². The lowest BCUT2D eigenvalue weighted by atomic mass is 9.96. The Morgan fingerprint density at radius 2 is 2.00 bits per heavy atom. The highest BCUT2D eigenvalue weighted by atomic mass is 16.6. The Balaban J connectivity index is 1.74. The number of hydrogen-bond donors (Lipinski definition) is 1. The first-order valence-corrected chi connectivity index (χ1v) is 6.32. The smallest absolute Gasteiger partial charge is 0.336 e. The summed E-state index contributed by atoms with van der Waals surface area (Å²) in [4.78, 5) is 10.9. The summed E-state index contributed by atoms with van der Waals surface area (Å²) >= 11 is 0. The Kier molecular flexibility index (Phi) is 2.95. The van der Waals surface area contributed by atoms with Crippen molar-refractivity contribution in [3.8, 4) is 0 Å². The molecule has 0 spiro atoms. The number of carboxylic acid groups (broad SMARTS) is 1. The molecule has 1 aliphatic heterocycles. The lowest BCUT2D eigenvalue weighted by Crippen LogP contribution is -2.15. The average molecular weight is 270 g/mol. The molecule has 2 atom stereocenters. The molecule has 0 aliphatic carbocycles. The van der Waals surface area contributed by atoms with Gasteiger partial charge in [-0.05, 0) is 36.3 Å². The molecule has 0 amide bonds. The van der Waals surface area contributed by atoms with Crippen LogP contribution in [0, 0.1) is 0 Å². The Hall–Kier alpha value is -2.33. The first-order chi connectivity index (χ1) is 9.59. The molecule has 102 valence electrons. The Morgan fingerprint density at radius 3 is 2.55 bits per heavy atom. The van der Waals surface area contributed by atoms with Gasteiger partial charge in [-0.25, -0.2) is 4.79 Å². The van der Waals surface area contributed by atoms with Gasteiger partial charge in [0.25, 0.3) is 0 Å². The summed E-state index contributed by atoms with van der Waals surface area (Å²) in [6.45, 7) is 1.79. The second-order valence-electron chi connectivity index (χ2n) is 4.91. The lowest BCUT2D eigenvalue weighted by Gasteiger charge is -2.06. The highest BCUT2D eigenvalue weighted by Gasteiger charge is 2.58. The van der Waals surface area contributed by atoms with Crippen molar-refractivity contribution >= 4 is 18.1 Å². The van der Waals surface area contributed by atoms with Gasteiger partial charge in [0.05, 0.1) is 6.26 Å². The van der Waals surface area contributed by atoms with E-state index in [1.165, 1.54) is 0 Å². The number of furan rings is 1.